The van der Waals surface area contributed by atoms with Crippen LogP contribution in [-0.4, -0.2) is 18.9 Å². The van der Waals surface area contributed by atoms with Crippen LogP contribution in [0.15, 0.2) is 41.5 Å². The Balaban J connectivity index is 2.12. The molecule has 0 amide bonds. The third kappa shape index (κ3) is 1.93. The predicted octanol–water partition coefficient (Wildman–Crippen LogP) is 2.58. The van der Waals surface area contributed by atoms with Gasteiger partial charge in [0.25, 0.3) is 0 Å². The number of rotatable bonds is 1. The molecule has 0 fully saturated rings. The molecule has 2 atom stereocenters. The molecule has 1 heterocycles. The predicted molar refractivity (Wildman–Crippen MR) is 72.9 cm³/mol. The van der Waals surface area contributed by atoms with Gasteiger partial charge in [-0.2, -0.15) is 0 Å². The van der Waals surface area contributed by atoms with E-state index >= 15 is 0 Å². The Hall–Kier alpha value is -2.07. The Morgan fingerprint density at radius 2 is 2.10 bits per heavy atom. The highest BCUT2D eigenvalue weighted by molar-refractivity contribution is 6.44. The zero-order valence-corrected chi connectivity index (χ0v) is 11.4. The van der Waals surface area contributed by atoms with Crippen LogP contribution in [0.4, 0.5) is 0 Å². The van der Waals surface area contributed by atoms with Crippen molar-refractivity contribution in [2.75, 3.05) is 7.11 Å². The summed E-state index contributed by atoms with van der Waals surface area (Å²) in [6, 6.07) is 5.21. The minimum absolute atomic E-state index is 0.0441. The molecule has 0 saturated carbocycles. The van der Waals surface area contributed by atoms with E-state index in [0.717, 1.165) is 5.56 Å². The van der Waals surface area contributed by atoms with Gasteiger partial charge in [-0.3, -0.25) is 9.59 Å². The smallest absolute Gasteiger partial charge is 0.323 e. The van der Waals surface area contributed by atoms with Gasteiger partial charge in [-0.1, -0.05) is 29.8 Å². The van der Waals surface area contributed by atoms with Crippen molar-refractivity contribution in [1.29, 1.82) is 0 Å². The van der Waals surface area contributed by atoms with Gasteiger partial charge >= 0.3 is 5.97 Å². The van der Waals surface area contributed by atoms with Gasteiger partial charge in [-0.15, -0.1) is 0 Å². The van der Waals surface area contributed by atoms with Gasteiger partial charge in [-0.25, -0.2) is 0 Å². The molecule has 4 nitrogen and oxygen atoms in total. The molecule has 2 unspecified atom stereocenters. The van der Waals surface area contributed by atoms with Gasteiger partial charge in [0.05, 0.1) is 12.1 Å². The summed E-state index contributed by atoms with van der Waals surface area (Å²) < 4.78 is 10.4. The molecule has 0 N–H and O–H groups in total. The van der Waals surface area contributed by atoms with E-state index < -0.39 is 17.7 Å². The molecule has 5 heteroatoms. The van der Waals surface area contributed by atoms with Gasteiger partial charge in [0.1, 0.15) is 17.4 Å². The number of methoxy groups -OCH3 is 1. The first-order valence-corrected chi connectivity index (χ1v) is 6.47. The van der Waals surface area contributed by atoms with Crippen LogP contribution in [0.25, 0.3) is 0 Å². The summed E-state index contributed by atoms with van der Waals surface area (Å²) in [5.74, 6) is -1.26. The van der Waals surface area contributed by atoms with Gasteiger partial charge < -0.3 is 9.47 Å². The molecule has 1 aliphatic carbocycles. The van der Waals surface area contributed by atoms with Crippen molar-refractivity contribution in [3.63, 3.8) is 0 Å². The number of benzene rings is 1. The highest BCUT2D eigenvalue weighted by Gasteiger charge is 2.42. The Bertz CT molecular complexity index is 660. The second-order valence-electron chi connectivity index (χ2n) is 4.59. The number of ether oxygens (including phenoxy) is 2. The number of allylic oxidation sites excluding steroid dienone is 4. The summed E-state index contributed by atoms with van der Waals surface area (Å²) in [7, 11) is 1.54. The van der Waals surface area contributed by atoms with E-state index in [1.54, 1.807) is 30.4 Å². The van der Waals surface area contributed by atoms with Gasteiger partial charge in [0, 0.05) is 17.5 Å². The minimum atomic E-state index is -0.918. The van der Waals surface area contributed by atoms with Crippen LogP contribution in [0.1, 0.15) is 11.5 Å². The molecule has 1 aromatic carbocycles. The number of hydrogen-bond donors (Lipinski definition) is 0. The maximum atomic E-state index is 12.2. The van der Waals surface area contributed by atoms with Crippen molar-refractivity contribution in [3.8, 4) is 11.5 Å². The van der Waals surface area contributed by atoms with Crippen molar-refractivity contribution >= 4 is 23.4 Å². The molecule has 20 heavy (non-hydrogen) atoms. The minimum Gasteiger partial charge on any atom is -0.497 e. The van der Waals surface area contributed by atoms with E-state index in [-0.39, 0.29) is 11.0 Å². The maximum absolute atomic E-state index is 12.2. The fourth-order valence-electron chi connectivity index (χ4n) is 2.48. The maximum Gasteiger partial charge on any atom is 0.323 e. The number of halogens is 1. The van der Waals surface area contributed by atoms with Crippen LogP contribution >= 0.6 is 11.6 Å². The number of Topliss-reactive ketones (excluding diaryl/α,β-unsaturated/α-hetero) is 1. The highest BCUT2D eigenvalue weighted by atomic mass is 35.5. The number of carbonyl (C=O) groups excluding carboxylic acids is 2. The molecular formula is C15H11ClO4. The first-order chi connectivity index (χ1) is 9.61. The average molecular weight is 291 g/mol. The van der Waals surface area contributed by atoms with E-state index in [0.29, 0.717) is 11.5 Å². The van der Waals surface area contributed by atoms with Crippen molar-refractivity contribution < 1.29 is 19.1 Å². The van der Waals surface area contributed by atoms with Gasteiger partial charge in [-0.05, 0) is 12.1 Å². The van der Waals surface area contributed by atoms with E-state index in [2.05, 4.69) is 0 Å². The summed E-state index contributed by atoms with van der Waals surface area (Å²) in [6.45, 7) is 0. The Morgan fingerprint density at radius 1 is 1.30 bits per heavy atom. The monoisotopic (exact) mass is 290 g/mol. The Kier molecular flexibility index (Phi) is 3.10. The molecular weight excluding hydrogens is 280 g/mol. The second-order valence-corrected chi connectivity index (χ2v) is 5.00. The van der Waals surface area contributed by atoms with Crippen molar-refractivity contribution in [2.24, 2.45) is 5.92 Å². The lowest BCUT2D eigenvalue weighted by Gasteiger charge is -2.28. The Morgan fingerprint density at radius 3 is 2.85 bits per heavy atom. The standard InChI is InChI=1S/C15H11ClO4/c1-19-8-5-6-9-10-3-2-4-11(16)14(17)13(10)15(18)20-12(9)7-8/h2-7,10,13H,1H3. The zero-order valence-electron chi connectivity index (χ0n) is 10.6. The van der Waals surface area contributed by atoms with E-state index in [4.69, 9.17) is 21.1 Å². The van der Waals surface area contributed by atoms with Crippen LogP contribution in [0.3, 0.4) is 0 Å². The largest absolute Gasteiger partial charge is 0.497 e. The molecule has 1 aromatic rings. The fraction of sp³-hybridized carbons (Fsp3) is 0.200. The SMILES string of the molecule is COc1ccc2c(c1)OC(=O)C1C(=O)C(Cl)=CC=CC21. The van der Waals surface area contributed by atoms with Crippen molar-refractivity contribution in [2.45, 2.75) is 5.92 Å². The quantitative estimate of drug-likeness (QED) is 0.453. The summed E-state index contributed by atoms with van der Waals surface area (Å²) in [5.41, 5.74) is 0.778. The molecule has 2 aliphatic rings. The fourth-order valence-corrected chi connectivity index (χ4v) is 2.67. The first kappa shape index (κ1) is 12.9. The molecule has 0 spiro atoms. The van der Waals surface area contributed by atoms with Crippen LogP contribution in [-0.2, 0) is 9.59 Å². The zero-order chi connectivity index (χ0) is 14.3. The molecule has 0 aromatic heterocycles. The summed E-state index contributed by atoms with van der Waals surface area (Å²) >= 11 is 5.86. The lowest BCUT2D eigenvalue weighted by Crippen LogP contribution is -2.36. The normalized spacial score (nSPS) is 24.2. The van der Waals surface area contributed by atoms with E-state index in [9.17, 15) is 9.59 Å². The molecule has 0 radical (unpaired) electrons. The summed E-state index contributed by atoms with van der Waals surface area (Å²) in [5, 5.41) is 0.0441. The third-order valence-electron chi connectivity index (χ3n) is 3.48. The number of fused-ring (bicyclic) bond motifs is 3. The number of ketones is 1. The topological polar surface area (TPSA) is 52.6 Å². The van der Waals surface area contributed by atoms with E-state index in [1.165, 1.54) is 13.2 Å². The second kappa shape index (κ2) is 4.80. The number of esters is 1. The summed E-state index contributed by atoms with van der Waals surface area (Å²) in [4.78, 5) is 24.3. The van der Waals surface area contributed by atoms with Crippen LogP contribution in [0.5, 0.6) is 11.5 Å². The van der Waals surface area contributed by atoms with Crippen molar-refractivity contribution in [1.82, 2.24) is 0 Å². The van der Waals surface area contributed by atoms with Crippen LogP contribution in [0, 0.1) is 5.92 Å². The van der Waals surface area contributed by atoms with Gasteiger partial charge in [0.15, 0.2) is 5.78 Å². The summed E-state index contributed by atoms with van der Waals surface area (Å²) in [6.07, 6.45) is 4.99. The van der Waals surface area contributed by atoms with E-state index in [1.807, 2.05) is 0 Å². The molecule has 102 valence electrons. The third-order valence-corrected chi connectivity index (χ3v) is 3.79. The number of carbonyl (C=O) groups is 2. The highest BCUT2D eigenvalue weighted by Crippen LogP contribution is 2.42. The number of hydrogen-bond acceptors (Lipinski definition) is 4. The van der Waals surface area contributed by atoms with Crippen LogP contribution < -0.4 is 9.47 Å². The van der Waals surface area contributed by atoms with Crippen LogP contribution in [0.2, 0.25) is 0 Å². The van der Waals surface area contributed by atoms with Gasteiger partial charge in [0.2, 0.25) is 0 Å². The molecule has 0 saturated heterocycles. The average Bonchev–Trinajstić information content (AvgIpc) is 2.59. The molecule has 0 bridgehead atoms. The Labute approximate surface area is 120 Å². The first-order valence-electron chi connectivity index (χ1n) is 6.09. The molecule has 1 aliphatic heterocycles. The lowest BCUT2D eigenvalue weighted by atomic mass is 9.81. The molecule has 3 rings (SSSR count). The lowest BCUT2D eigenvalue weighted by molar-refractivity contribution is -0.144. The van der Waals surface area contributed by atoms with Crippen molar-refractivity contribution in [3.05, 3.63) is 47.0 Å².